The fourth-order valence-corrected chi connectivity index (χ4v) is 1.92. The van der Waals surface area contributed by atoms with Gasteiger partial charge in [-0.05, 0) is 18.5 Å². The summed E-state index contributed by atoms with van der Waals surface area (Å²) < 4.78 is 9.85. The summed E-state index contributed by atoms with van der Waals surface area (Å²) in [5.41, 5.74) is -0.127. The molecule has 2 N–H and O–H groups in total. The van der Waals surface area contributed by atoms with Crippen molar-refractivity contribution in [3.63, 3.8) is 0 Å². The Morgan fingerprint density at radius 2 is 2.05 bits per heavy atom. The van der Waals surface area contributed by atoms with Gasteiger partial charge in [0.1, 0.15) is 5.02 Å². The Hall–Kier alpha value is -0.860. The van der Waals surface area contributed by atoms with Crippen LogP contribution in [0.15, 0.2) is 0 Å². The molecule has 0 saturated heterocycles. The van der Waals surface area contributed by atoms with Gasteiger partial charge >= 0.3 is 5.97 Å². The topological polar surface area (TPSA) is 93.6 Å². The Bertz CT molecular complexity index is 519. The average Bonchev–Trinajstić information content (AvgIpc) is 2.49. The number of aromatic nitrogens is 2. The Labute approximate surface area is 142 Å². The van der Waals surface area contributed by atoms with Gasteiger partial charge in [0.2, 0.25) is 5.28 Å². The lowest BCUT2D eigenvalue weighted by molar-refractivity contribution is 0.0453. The molecule has 0 amide bonds. The standard InChI is InChI=1S/C12H16Cl3N3O4/c1-6(4-22-5-7(19)3-13)16-10-8(14)9(11(20)21-2)17-12(15)18-10/h6-7,19H,3-5H2,1-2H3,(H,16,17,18)/t6-,7-/m1/s1. The van der Waals surface area contributed by atoms with Crippen LogP contribution in [0.5, 0.6) is 0 Å². The molecule has 22 heavy (non-hydrogen) atoms. The minimum Gasteiger partial charge on any atom is -0.464 e. The lowest BCUT2D eigenvalue weighted by Gasteiger charge is -2.17. The van der Waals surface area contributed by atoms with Crippen molar-refractivity contribution in [2.24, 2.45) is 0 Å². The van der Waals surface area contributed by atoms with Crippen molar-refractivity contribution < 1.29 is 19.4 Å². The van der Waals surface area contributed by atoms with Crippen LogP contribution in [-0.2, 0) is 9.47 Å². The van der Waals surface area contributed by atoms with Crippen molar-refractivity contribution >= 4 is 46.6 Å². The molecule has 0 bridgehead atoms. The lowest BCUT2D eigenvalue weighted by atomic mass is 10.3. The van der Waals surface area contributed by atoms with Gasteiger partial charge in [-0.2, -0.15) is 4.98 Å². The van der Waals surface area contributed by atoms with Gasteiger partial charge in [0.25, 0.3) is 0 Å². The second-order valence-electron chi connectivity index (χ2n) is 4.39. The Balaban J connectivity index is 2.72. The highest BCUT2D eigenvalue weighted by Crippen LogP contribution is 2.25. The molecule has 0 aliphatic rings. The number of rotatable bonds is 8. The van der Waals surface area contributed by atoms with Gasteiger partial charge in [-0.25, -0.2) is 9.78 Å². The molecule has 1 heterocycles. The van der Waals surface area contributed by atoms with Crippen LogP contribution < -0.4 is 5.32 Å². The van der Waals surface area contributed by atoms with E-state index < -0.39 is 12.1 Å². The molecule has 1 aromatic rings. The fraction of sp³-hybridized carbons (Fsp3) is 0.583. The van der Waals surface area contributed by atoms with E-state index in [4.69, 9.17) is 39.5 Å². The number of nitrogens with zero attached hydrogens (tertiary/aromatic N) is 2. The zero-order valence-electron chi connectivity index (χ0n) is 12.0. The van der Waals surface area contributed by atoms with Crippen LogP contribution in [0.2, 0.25) is 10.3 Å². The van der Waals surface area contributed by atoms with E-state index in [0.717, 1.165) is 0 Å². The van der Waals surface area contributed by atoms with Crippen molar-refractivity contribution in [3.05, 3.63) is 16.0 Å². The predicted octanol–water partition coefficient (Wildman–Crippen LogP) is 1.99. The number of ether oxygens (including phenoxy) is 2. The molecule has 0 aromatic carbocycles. The summed E-state index contributed by atoms with van der Waals surface area (Å²) in [6.45, 7) is 2.18. The number of halogens is 3. The summed E-state index contributed by atoms with van der Waals surface area (Å²) in [5.74, 6) is -0.431. The summed E-state index contributed by atoms with van der Waals surface area (Å²) in [5, 5.41) is 12.1. The molecule has 0 saturated carbocycles. The van der Waals surface area contributed by atoms with E-state index >= 15 is 0 Å². The lowest BCUT2D eigenvalue weighted by Crippen LogP contribution is -2.26. The van der Waals surface area contributed by atoms with Gasteiger partial charge in [0.05, 0.1) is 32.3 Å². The van der Waals surface area contributed by atoms with E-state index in [1.165, 1.54) is 7.11 Å². The minimum atomic E-state index is -0.725. The molecule has 2 atom stereocenters. The number of methoxy groups -OCH3 is 1. The normalized spacial score (nSPS) is 13.5. The van der Waals surface area contributed by atoms with Crippen molar-refractivity contribution in [1.29, 1.82) is 0 Å². The molecular weight excluding hydrogens is 357 g/mol. The highest BCUT2D eigenvalue weighted by Gasteiger charge is 2.20. The molecule has 0 unspecified atom stereocenters. The number of esters is 1. The van der Waals surface area contributed by atoms with Gasteiger partial charge in [-0.15, -0.1) is 11.6 Å². The number of aliphatic hydroxyl groups is 1. The van der Waals surface area contributed by atoms with Gasteiger partial charge in [0.15, 0.2) is 11.5 Å². The number of hydrogen-bond acceptors (Lipinski definition) is 7. The summed E-state index contributed by atoms with van der Waals surface area (Å²) >= 11 is 17.3. The van der Waals surface area contributed by atoms with Gasteiger partial charge in [0, 0.05) is 6.04 Å². The summed E-state index contributed by atoms with van der Waals surface area (Å²) in [6, 6.07) is -0.212. The summed E-state index contributed by atoms with van der Waals surface area (Å²) in [4.78, 5) is 19.2. The highest BCUT2D eigenvalue weighted by atomic mass is 35.5. The number of alkyl halides is 1. The number of aliphatic hydroxyl groups excluding tert-OH is 1. The van der Waals surface area contributed by atoms with Crippen molar-refractivity contribution in [2.75, 3.05) is 31.5 Å². The van der Waals surface area contributed by atoms with E-state index in [1.54, 1.807) is 6.92 Å². The predicted molar refractivity (Wildman–Crippen MR) is 84.0 cm³/mol. The fourth-order valence-electron chi connectivity index (χ4n) is 1.45. The van der Waals surface area contributed by atoms with Crippen LogP contribution in [0.4, 0.5) is 5.82 Å². The zero-order valence-corrected chi connectivity index (χ0v) is 14.2. The second kappa shape index (κ2) is 9.32. The SMILES string of the molecule is COC(=O)c1nc(Cl)nc(N[C@H](C)COC[C@H](O)CCl)c1Cl. The number of nitrogens with one attached hydrogen (secondary N) is 1. The Kier molecular flexibility index (Phi) is 8.13. The average molecular weight is 373 g/mol. The van der Waals surface area contributed by atoms with Crippen molar-refractivity contribution in [3.8, 4) is 0 Å². The zero-order chi connectivity index (χ0) is 16.7. The maximum Gasteiger partial charge on any atom is 0.358 e. The third kappa shape index (κ3) is 5.73. The maximum atomic E-state index is 11.6. The van der Waals surface area contributed by atoms with Crippen LogP contribution in [0, 0.1) is 0 Å². The number of anilines is 1. The van der Waals surface area contributed by atoms with Gasteiger partial charge in [-0.3, -0.25) is 0 Å². The van der Waals surface area contributed by atoms with Crippen LogP contribution in [-0.4, -0.2) is 59.4 Å². The molecule has 0 fully saturated rings. The van der Waals surface area contributed by atoms with E-state index in [1.807, 2.05) is 0 Å². The van der Waals surface area contributed by atoms with E-state index in [9.17, 15) is 9.90 Å². The quantitative estimate of drug-likeness (QED) is 0.409. The molecule has 124 valence electrons. The smallest absolute Gasteiger partial charge is 0.358 e. The first-order chi connectivity index (χ1) is 10.4. The molecule has 10 heteroatoms. The Morgan fingerprint density at radius 3 is 2.64 bits per heavy atom. The van der Waals surface area contributed by atoms with Crippen molar-refractivity contribution in [1.82, 2.24) is 9.97 Å². The third-order valence-corrected chi connectivity index (χ3v) is 3.33. The van der Waals surface area contributed by atoms with Gasteiger partial charge < -0.3 is 19.9 Å². The number of carbonyl (C=O) groups excluding carboxylic acids is 1. The highest BCUT2D eigenvalue weighted by molar-refractivity contribution is 6.36. The molecule has 0 spiro atoms. The van der Waals surface area contributed by atoms with Crippen LogP contribution in [0.1, 0.15) is 17.4 Å². The molecule has 0 aliphatic heterocycles. The largest absolute Gasteiger partial charge is 0.464 e. The first kappa shape index (κ1) is 19.2. The Morgan fingerprint density at radius 1 is 1.36 bits per heavy atom. The van der Waals surface area contributed by atoms with Crippen LogP contribution in [0.25, 0.3) is 0 Å². The molecule has 0 aliphatic carbocycles. The molecule has 1 aromatic heterocycles. The van der Waals surface area contributed by atoms with Gasteiger partial charge in [-0.1, -0.05) is 11.6 Å². The van der Waals surface area contributed by atoms with E-state index in [0.29, 0.717) is 0 Å². The van der Waals surface area contributed by atoms with E-state index in [2.05, 4.69) is 20.0 Å². The molecule has 7 nitrogen and oxygen atoms in total. The van der Waals surface area contributed by atoms with Crippen LogP contribution in [0.3, 0.4) is 0 Å². The monoisotopic (exact) mass is 371 g/mol. The van der Waals surface area contributed by atoms with Crippen molar-refractivity contribution in [2.45, 2.75) is 19.1 Å². The maximum absolute atomic E-state index is 11.6. The third-order valence-electron chi connectivity index (χ3n) is 2.44. The molecule has 0 radical (unpaired) electrons. The number of carbonyl (C=O) groups is 1. The summed E-state index contributed by atoms with van der Waals surface area (Å²) in [6.07, 6.45) is -0.725. The molecule has 1 rings (SSSR count). The summed E-state index contributed by atoms with van der Waals surface area (Å²) in [7, 11) is 1.21. The minimum absolute atomic E-state index is 0.00360. The first-order valence-electron chi connectivity index (χ1n) is 6.28. The molecular formula is C12H16Cl3N3O4. The second-order valence-corrected chi connectivity index (χ2v) is 5.41. The number of hydrogen-bond donors (Lipinski definition) is 2. The first-order valence-corrected chi connectivity index (χ1v) is 7.57. The van der Waals surface area contributed by atoms with E-state index in [-0.39, 0.29) is 47.0 Å². The van der Waals surface area contributed by atoms with Crippen LogP contribution >= 0.6 is 34.8 Å².